The smallest absolute Gasteiger partial charge is 0.200 e. The van der Waals surface area contributed by atoms with Crippen molar-refractivity contribution in [2.24, 2.45) is 0 Å². The molecule has 0 aliphatic rings. The van der Waals surface area contributed by atoms with Crippen molar-refractivity contribution >= 4 is 0 Å². The molecule has 0 radical (unpaired) electrons. The molecule has 112 valence electrons. The van der Waals surface area contributed by atoms with E-state index in [2.05, 4.69) is 0 Å². The summed E-state index contributed by atoms with van der Waals surface area (Å²) in [5.74, 6) is -2.95. The Kier molecular flexibility index (Phi) is 3.47. The number of hydrogen-bond acceptors (Lipinski definition) is 6. The number of phenolic OH excluding ortho intramolecular Hbond substituents is 6. The van der Waals surface area contributed by atoms with Crippen molar-refractivity contribution in [3.63, 3.8) is 0 Å². The Morgan fingerprint density at radius 3 is 1.29 bits per heavy atom. The molecule has 2 aromatic rings. The van der Waals surface area contributed by atoms with Crippen LogP contribution in [0.15, 0.2) is 12.1 Å². The zero-order valence-corrected chi connectivity index (χ0v) is 11.5. The average molecular weight is 292 g/mol. The second-order valence-corrected chi connectivity index (χ2v) is 4.93. The van der Waals surface area contributed by atoms with Crippen molar-refractivity contribution in [3.05, 3.63) is 34.4 Å². The second-order valence-electron chi connectivity index (χ2n) is 4.93. The molecule has 0 aliphatic carbocycles. The minimum absolute atomic E-state index is 0.181. The average Bonchev–Trinajstić information content (AvgIpc) is 2.45. The molecule has 0 aliphatic heterocycles. The fourth-order valence-corrected chi connectivity index (χ4v) is 2.16. The molecule has 6 nitrogen and oxygen atoms in total. The molecule has 21 heavy (non-hydrogen) atoms. The molecular weight excluding hydrogens is 276 g/mol. The van der Waals surface area contributed by atoms with Gasteiger partial charge in [-0.2, -0.15) is 0 Å². The molecule has 0 aromatic heterocycles. The van der Waals surface area contributed by atoms with Gasteiger partial charge in [-0.25, -0.2) is 0 Å². The molecule has 2 rings (SSSR count). The number of hydrogen-bond donors (Lipinski definition) is 6. The Bertz CT molecular complexity index is 660. The maximum absolute atomic E-state index is 9.72. The largest absolute Gasteiger partial charge is 0.504 e. The van der Waals surface area contributed by atoms with Gasteiger partial charge in [-0.05, 0) is 54.7 Å². The number of phenols is 6. The molecule has 0 saturated heterocycles. The van der Waals surface area contributed by atoms with Crippen molar-refractivity contribution in [1.29, 1.82) is 0 Å². The number of aromatic hydroxyl groups is 6. The molecule has 0 fully saturated rings. The first-order chi connectivity index (χ1) is 9.73. The van der Waals surface area contributed by atoms with Crippen molar-refractivity contribution < 1.29 is 30.6 Å². The van der Waals surface area contributed by atoms with Crippen LogP contribution in [0.4, 0.5) is 0 Å². The van der Waals surface area contributed by atoms with Gasteiger partial charge < -0.3 is 30.6 Å². The van der Waals surface area contributed by atoms with Crippen LogP contribution in [-0.2, 0) is 6.42 Å². The van der Waals surface area contributed by atoms with Gasteiger partial charge in [-0.3, -0.25) is 0 Å². The zero-order valence-electron chi connectivity index (χ0n) is 11.5. The molecule has 0 atom stereocenters. The van der Waals surface area contributed by atoms with Crippen LogP contribution in [0.2, 0.25) is 0 Å². The summed E-state index contributed by atoms with van der Waals surface area (Å²) in [6.45, 7) is 3.14. The monoisotopic (exact) mass is 292 g/mol. The molecule has 0 heterocycles. The van der Waals surface area contributed by atoms with Crippen LogP contribution >= 0.6 is 0 Å². The SMILES string of the molecule is Cc1c(Cc2cc(O)c(O)c(O)c2C)cc(O)c(O)c1O. The molecule has 0 saturated carbocycles. The first-order valence-electron chi connectivity index (χ1n) is 6.20. The van der Waals surface area contributed by atoms with E-state index in [0.717, 1.165) is 0 Å². The molecular formula is C15H16O6. The molecule has 6 heteroatoms. The van der Waals surface area contributed by atoms with Crippen molar-refractivity contribution in [3.8, 4) is 34.5 Å². The first-order valence-corrected chi connectivity index (χ1v) is 6.20. The number of rotatable bonds is 2. The quantitative estimate of drug-likeness (QED) is 0.472. The summed E-state index contributed by atoms with van der Waals surface area (Å²) in [6.07, 6.45) is 0.181. The fourth-order valence-electron chi connectivity index (χ4n) is 2.16. The third kappa shape index (κ3) is 2.35. The Balaban J connectivity index is 2.54. The van der Waals surface area contributed by atoms with Gasteiger partial charge in [0, 0.05) is 0 Å². The van der Waals surface area contributed by atoms with Crippen molar-refractivity contribution in [1.82, 2.24) is 0 Å². The summed E-state index contributed by atoms with van der Waals surface area (Å²) in [6, 6.07) is 2.59. The van der Waals surface area contributed by atoms with Gasteiger partial charge in [-0.15, -0.1) is 0 Å². The van der Waals surface area contributed by atoms with Crippen LogP contribution in [0, 0.1) is 13.8 Å². The lowest BCUT2D eigenvalue weighted by atomic mass is 9.95. The Morgan fingerprint density at radius 2 is 0.952 bits per heavy atom. The lowest BCUT2D eigenvalue weighted by Gasteiger charge is -2.14. The van der Waals surface area contributed by atoms with Gasteiger partial charge in [0.1, 0.15) is 0 Å². The van der Waals surface area contributed by atoms with Gasteiger partial charge in [-0.1, -0.05) is 0 Å². The van der Waals surface area contributed by atoms with Gasteiger partial charge in [0.05, 0.1) is 0 Å². The second kappa shape index (κ2) is 4.97. The lowest BCUT2D eigenvalue weighted by Crippen LogP contribution is -1.96. The summed E-state index contributed by atoms with van der Waals surface area (Å²) in [4.78, 5) is 0. The van der Waals surface area contributed by atoms with Crippen LogP contribution < -0.4 is 0 Å². The van der Waals surface area contributed by atoms with Crippen LogP contribution in [0.1, 0.15) is 22.3 Å². The predicted octanol–water partition coefficient (Wildman–Crippen LogP) is 2.13. The van der Waals surface area contributed by atoms with Crippen LogP contribution in [0.3, 0.4) is 0 Å². The standard InChI is InChI=1S/C15H16O6/c1-6-8(4-10(16)14(20)12(6)18)3-9-5-11(17)15(21)13(19)7(9)2/h4-5,16-21H,3H2,1-2H3. The normalized spacial score (nSPS) is 10.8. The van der Waals surface area contributed by atoms with E-state index in [-0.39, 0.29) is 6.42 Å². The lowest BCUT2D eigenvalue weighted by molar-refractivity contribution is 0.364. The van der Waals surface area contributed by atoms with Gasteiger partial charge >= 0.3 is 0 Å². The Morgan fingerprint density at radius 1 is 0.619 bits per heavy atom. The molecule has 6 N–H and O–H groups in total. The maximum atomic E-state index is 9.72. The van der Waals surface area contributed by atoms with Gasteiger partial charge in [0.2, 0.25) is 11.5 Å². The minimum Gasteiger partial charge on any atom is -0.504 e. The van der Waals surface area contributed by atoms with Crippen LogP contribution in [0.25, 0.3) is 0 Å². The van der Waals surface area contributed by atoms with E-state index in [4.69, 9.17) is 0 Å². The van der Waals surface area contributed by atoms with Gasteiger partial charge in [0.15, 0.2) is 23.0 Å². The molecule has 2 aromatic carbocycles. The van der Waals surface area contributed by atoms with Crippen LogP contribution in [-0.4, -0.2) is 30.6 Å². The predicted molar refractivity (Wildman–Crippen MR) is 75.2 cm³/mol. The topological polar surface area (TPSA) is 121 Å². The third-order valence-corrected chi connectivity index (χ3v) is 3.61. The van der Waals surface area contributed by atoms with Crippen molar-refractivity contribution in [2.45, 2.75) is 20.3 Å². The van der Waals surface area contributed by atoms with E-state index in [9.17, 15) is 30.6 Å². The highest BCUT2D eigenvalue weighted by Crippen LogP contribution is 2.42. The Hall–Kier alpha value is -2.76. The number of benzene rings is 2. The minimum atomic E-state index is -0.593. The van der Waals surface area contributed by atoms with E-state index >= 15 is 0 Å². The summed E-state index contributed by atoms with van der Waals surface area (Å²) in [7, 11) is 0. The molecule has 0 amide bonds. The molecule has 0 spiro atoms. The fraction of sp³-hybridized carbons (Fsp3) is 0.200. The summed E-state index contributed by atoms with van der Waals surface area (Å²) >= 11 is 0. The highest BCUT2D eigenvalue weighted by molar-refractivity contribution is 5.60. The summed E-state index contributed by atoms with van der Waals surface area (Å²) in [5, 5.41) is 57.4. The third-order valence-electron chi connectivity index (χ3n) is 3.61. The van der Waals surface area contributed by atoms with E-state index in [1.807, 2.05) is 0 Å². The summed E-state index contributed by atoms with van der Waals surface area (Å²) in [5.41, 5.74) is 1.76. The van der Waals surface area contributed by atoms with E-state index in [0.29, 0.717) is 22.3 Å². The summed E-state index contributed by atoms with van der Waals surface area (Å²) < 4.78 is 0. The highest BCUT2D eigenvalue weighted by atomic mass is 16.3. The highest BCUT2D eigenvalue weighted by Gasteiger charge is 2.18. The molecule has 0 bridgehead atoms. The maximum Gasteiger partial charge on any atom is 0.200 e. The van der Waals surface area contributed by atoms with E-state index < -0.39 is 34.5 Å². The Labute approximate surface area is 120 Å². The zero-order chi connectivity index (χ0) is 15.9. The van der Waals surface area contributed by atoms with Crippen molar-refractivity contribution in [2.75, 3.05) is 0 Å². The van der Waals surface area contributed by atoms with Gasteiger partial charge in [0.25, 0.3) is 0 Å². The van der Waals surface area contributed by atoms with Crippen LogP contribution in [0.5, 0.6) is 34.5 Å². The van der Waals surface area contributed by atoms with E-state index in [1.165, 1.54) is 12.1 Å². The molecule has 0 unspecified atom stereocenters. The first kappa shape index (κ1) is 14.6. The van der Waals surface area contributed by atoms with E-state index in [1.54, 1.807) is 13.8 Å².